The number of carbonyl (C=O) groups excluding carboxylic acids is 1. The van der Waals surface area contributed by atoms with Gasteiger partial charge in [0.1, 0.15) is 11.5 Å². The Bertz CT molecular complexity index is 828. The first-order valence-corrected chi connectivity index (χ1v) is 7.74. The van der Waals surface area contributed by atoms with Gasteiger partial charge in [-0.15, -0.1) is 0 Å². The van der Waals surface area contributed by atoms with Gasteiger partial charge in [-0.25, -0.2) is 0 Å². The Hall–Kier alpha value is -2.60. The van der Waals surface area contributed by atoms with Crippen molar-refractivity contribution in [1.29, 1.82) is 0 Å². The van der Waals surface area contributed by atoms with E-state index in [0.717, 1.165) is 15.8 Å². The number of nitrogens with zero attached hydrogens (tertiary/aromatic N) is 1. The molecule has 0 saturated heterocycles. The van der Waals surface area contributed by atoms with Gasteiger partial charge in [0.25, 0.3) is 5.69 Å². The van der Waals surface area contributed by atoms with Crippen molar-refractivity contribution in [3.8, 4) is 11.3 Å². The summed E-state index contributed by atoms with van der Waals surface area (Å²) in [7, 11) is 0. The van der Waals surface area contributed by atoms with E-state index in [-0.39, 0.29) is 12.2 Å². The third kappa shape index (κ3) is 3.60. The summed E-state index contributed by atoms with van der Waals surface area (Å²) < 4.78 is 7.24. The van der Waals surface area contributed by atoms with E-state index in [1.54, 1.807) is 18.2 Å². The highest BCUT2D eigenvalue weighted by Crippen LogP contribution is 2.23. The summed E-state index contributed by atoms with van der Waals surface area (Å²) in [6, 6.07) is 16.1. The van der Waals surface area contributed by atoms with Crippen LogP contribution in [0.1, 0.15) is 16.2 Å². The Morgan fingerprint density at radius 2 is 1.91 bits per heavy atom. The van der Waals surface area contributed by atoms with E-state index in [1.165, 1.54) is 12.3 Å². The summed E-state index contributed by atoms with van der Waals surface area (Å²) >= 11 is 3.39. The molecule has 1 N–H and O–H groups in total. The fourth-order valence-corrected chi connectivity index (χ4v) is 2.37. The zero-order valence-electron chi connectivity index (χ0n) is 12.0. The number of nitrogens with one attached hydrogen (secondary N) is 1. The van der Waals surface area contributed by atoms with Gasteiger partial charge < -0.3 is 14.9 Å². The smallest absolute Gasteiger partial charge is 0.317 e. The van der Waals surface area contributed by atoms with Gasteiger partial charge in [-0.3, -0.25) is 4.79 Å². The van der Waals surface area contributed by atoms with Crippen molar-refractivity contribution < 1.29 is 13.9 Å². The number of furan rings is 1. The number of hydrogen-bond acceptors (Lipinski definition) is 3. The quantitative estimate of drug-likeness (QED) is 0.564. The Morgan fingerprint density at radius 3 is 2.65 bits per heavy atom. The average Bonchev–Trinajstić information content (AvgIpc) is 3.03. The molecule has 0 aliphatic rings. The predicted molar refractivity (Wildman–Crippen MR) is 88.4 cm³/mol. The molecule has 0 radical (unpaired) electrons. The monoisotopic (exact) mass is 372 g/mol. The highest BCUT2D eigenvalue weighted by atomic mass is 79.9. The van der Waals surface area contributed by atoms with Gasteiger partial charge in [-0.05, 0) is 30.3 Å². The Kier molecular flexibility index (Phi) is 4.43. The Labute approximate surface area is 141 Å². The van der Waals surface area contributed by atoms with E-state index in [9.17, 15) is 10.0 Å². The summed E-state index contributed by atoms with van der Waals surface area (Å²) in [5.74, 6) is 0.896. The number of hydrogen-bond donors (Lipinski definition) is 1. The number of aromatic nitrogens is 1. The normalized spacial score (nSPS) is 10.5. The minimum atomic E-state index is -0.442. The topological polar surface area (TPSA) is 69.2 Å². The van der Waals surface area contributed by atoms with Gasteiger partial charge in [0.15, 0.2) is 6.20 Å². The van der Waals surface area contributed by atoms with Crippen molar-refractivity contribution >= 4 is 21.8 Å². The molecule has 0 aliphatic heterocycles. The molecule has 116 valence electrons. The van der Waals surface area contributed by atoms with Crippen molar-refractivity contribution in [2.75, 3.05) is 0 Å². The summed E-state index contributed by atoms with van der Waals surface area (Å²) in [5, 5.41) is 14.2. The van der Waals surface area contributed by atoms with Gasteiger partial charge in [-0.2, -0.15) is 4.73 Å². The Balaban J connectivity index is 1.67. The molecule has 5 nitrogen and oxygen atoms in total. The van der Waals surface area contributed by atoms with Crippen LogP contribution in [0.3, 0.4) is 0 Å². The lowest BCUT2D eigenvalue weighted by atomic mass is 10.2. The van der Waals surface area contributed by atoms with Crippen LogP contribution in [0.4, 0.5) is 0 Å². The molecule has 0 spiro atoms. The van der Waals surface area contributed by atoms with E-state index in [0.29, 0.717) is 10.5 Å². The van der Waals surface area contributed by atoms with Gasteiger partial charge in [0.2, 0.25) is 0 Å². The van der Waals surface area contributed by atoms with E-state index >= 15 is 0 Å². The molecule has 0 atom stereocenters. The molecule has 0 unspecified atom stereocenters. The van der Waals surface area contributed by atoms with Crippen LogP contribution in [0.2, 0.25) is 0 Å². The van der Waals surface area contributed by atoms with Crippen molar-refractivity contribution in [3.63, 3.8) is 0 Å². The van der Waals surface area contributed by atoms with Gasteiger partial charge in [-0.1, -0.05) is 28.1 Å². The lowest BCUT2D eigenvalue weighted by molar-refractivity contribution is -0.607. The van der Waals surface area contributed by atoms with Gasteiger partial charge in [0.05, 0.1) is 6.54 Å². The predicted octanol–water partition coefficient (Wildman–Crippen LogP) is 3.27. The SMILES string of the molecule is O=C(NCc1ccc(-c2ccc(Br)cc2)o1)c1cccc[n+]1[O-]. The van der Waals surface area contributed by atoms with E-state index in [4.69, 9.17) is 4.42 Å². The zero-order chi connectivity index (χ0) is 16.2. The van der Waals surface area contributed by atoms with E-state index in [2.05, 4.69) is 21.2 Å². The number of carbonyl (C=O) groups is 1. The maximum absolute atomic E-state index is 12.0. The van der Waals surface area contributed by atoms with Crippen molar-refractivity contribution in [2.24, 2.45) is 0 Å². The zero-order valence-corrected chi connectivity index (χ0v) is 13.6. The van der Waals surface area contributed by atoms with Gasteiger partial charge >= 0.3 is 5.91 Å². The molecule has 2 heterocycles. The number of halogens is 1. The summed E-state index contributed by atoms with van der Waals surface area (Å²) in [6.07, 6.45) is 1.29. The minimum absolute atomic E-state index is 0.0483. The third-order valence-corrected chi connectivity index (χ3v) is 3.80. The van der Waals surface area contributed by atoms with Crippen LogP contribution in [0, 0.1) is 5.21 Å². The first kappa shape index (κ1) is 15.3. The second-order valence-corrected chi connectivity index (χ2v) is 5.78. The second kappa shape index (κ2) is 6.66. The molecule has 6 heteroatoms. The largest absolute Gasteiger partial charge is 0.618 e. The first-order valence-electron chi connectivity index (χ1n) is 6.94. The van der Waals surface area contributed by atoms with Crippen LogP contribution in [0.25, 0.3) is 11.3 Å². The molecule has 23 heavy (non-hydrogen) atoms. The highest BCUT2D eigenvalue weighted by molar-refractivity contribution is 9.10. The average molecular weight is 373 g/mol. The van der Waals surface area contributed by atoms with Crippen molar-refractivity contribution in [3.05, 3.63) is 81.9 Å². The molecule has 1 aromatic carbocycles. The first-order chi connectivity index (χ1) is 11.1. The van der Waals surface area contributed by atoms with Crippen molar-refractivity contribution in [1.82, 2.24) is 5.32 Å². The lowest BCUT2D eigenvalue weighted by Crippen LogP contribution is -2.38. The maximum Gasteiger partial charge on any atom is 0.317 e. The van der Waals surface area contributed by atoms with Crippen molar-refractivity contribution in [2.45, 2.75) is 6.54 Å². The summed E-state index contributed by atoms with van der Waals surface area (Å²) in [5.41, 5.74) is 0.999. The Morgan fingerprint density at radius 1 is 1.13 bits per heavy atom. The second-order valence-electron chi connectivity index (χ2n) is 4.87. The van der Waals surface area contributed by atoms with Crippen LogP contribution in [-0.4, -0.2) is 5.91 Å². The fraction of sp³-hybridized carbons (Fsp3) is 0.0588. The standard InChI is InChI=1S/C17H13BrN2O3/c18-13-6-4-12(5-7-13)16-9-8-14(23-16)11-19-17(21)15-3-1-2-10-20(15)22/h1-10H,11H2,(H,19,21). The molecule has 3 rings (SSSR count). The minimum Gasteiger partial charge on any atom is -0.618 e. The molecular weight excluding hydrogens is 360 g/mol. The van der Waals surface area contributed by atoms with E-state index in [1.807, 2.05) is 30.3 Å². The van der Waals surface area contributed by atoms with Crippen LogP contribution in [-0.2, 0) is 6.54 Å². The third-order valence-electron chi connectivity index (χ3n) is 3.27. The maximum atomic E-state index is 12.0. The number of amides is 1. The van der Waals surface area contributed by atoms with Crippen LogP contribution < -0.4 is 10.0 Å². The number of rotatable bonds is 4. The van der Waals surface area contributed by atoms with Gasteiger partial charge in [0, 0.05) is 22.2 Å². The van der Waals surface area contributed by atoms with E-state index < -0.39 is 5.91 Å². The van der Waals surface area contributed by atoms with Crippen LogP contribution in [0.15, 0.2) is 69.7 Å². The number of benzene rings is 1. The molecule has 0 fully saturated rings. The molecule has 1 amide bonds. The number of pyridine rings is 1. The van der Waals surface area contributed by atoms with Crippen LogP contribution >= 0.6 is 15.9 Å². The molecule has 3 aromatic rings. The molecule has 0 saturated carbocycles. The summed E-state index contributed by atoms with van der Waals surface area (Å²) in [4.78, 5) is 12.0. The molecule has 2 aromatic heterocycles. The summed E-state index contributed by atoms with van der Waals surface area (Å²) in [6.45, 7) is 0.213. The molecular formula is C17H13BrN2O3. The molecule has 0 aliphatic carbocycles. The lowest BCUT2D eigenvalue weighted by Gasteiger charge is -2.04. The highest BCUT2D eigenvalue weighted by Gasteiger charge is 2.15. The molecule has 0 bridgehead atoms. The fourth-order valence-electron chi connectivity index (χ4n) is 2.10. The van der Waals surface area contributed by atoms with Crippen LogP contribution in [0.5, 0.6) is 0 Å².